The summed E-state index contributed by atoms with van der Waals surface area (Å²) < 4.78 is 0. The number of nitrogens with one attached hydrogen (secondary N) is 1. The van der Waals surface area contributed by atoms with E-state index in [0.29, 0.717) is 11.3 Å². The Labute approximate surface area is 111 Å². The molecule has 102 valence electrons. The lowest BCUT2D eigenvalue weighted by Crippen LogP contribution is -2.31. The van der Waals surface area contributed by atoms with Crippen molar-refractivity contribution in [2.75, 3.05) is 5.32 Å². The number of amides is 1. The number of rotatable bonds is 6. The molecule has 1 aromatic rings. The quantitative estimate of drug-likeness (QED) is 0.669. The first-order valence-electron chi connectivity index (χ1n) is 5.75. The molecule has 19 heavy (non-hydrogen) atoms. The predicted molar refractivity (Wildman–Crippen MR) is 72.1 cm³/mol. The summed E-state index contributed by atoms with van der Waals surface area (Å²) in [5, 5.41) is 11.8. The molecule has 1 rings (SSSR count). The first-order valence-corrected chi connectivity index (χ1v) is 5.75. The van der Waals surface area contributed by atoms with E-state index in [2.05, 4.69) is 16.9 Å². The average Bonchev–Trinajstić information content (AvgIpc) is 2.26. The van der Waals surface area contributed by atoms with Gasteiger partial charge >= 0.3 is 5.97 Å². The van der Waals surface area contributed by atoms with Crippen LogP contribution >= 0.6 is 0 Å². The van der Waals surface area contributed by atoms with Gasteiger partial charge < -0.3 is 16.2 Å². The van der Waals surface area contributed by atoms with E-state index in [1.165, 1.54) is 6.08 Å². The number of aromatic nitrogens is 1. The van der Waals surface area contributed by atoms with Gasteiger partial charge in [-0.25, -0.2) is 9.78 Å². The molecule has 0 aliphatic heterocycles. The Kier molecular flexibility index (Phi) is 4.63. The van der Waals surface area contributed by atoms with Crippen LogP contribution in [0.4, 0.5) is 5.82 Å². The molecule has 0 saturated heterocycles. The normalized spacial score (nSPS) is 11.7. The van der Waals surface area contributed by atoms with Gasteiger partial charge in [-0.15, -0.1) is 6.58 Å². The molecule has 4 N–H and O–H groups in total. The van der Waals surface area contributed by atoms with Gasteiger partial charge in [-0.2, -0.15) is 0 Å². The van der Waals surface area contributed by atoms with Crippen LogP contribution in [0.1, 0.15) is 28.0 Å². The van der Waals surface area contributed by atoms with Crippen LogP contribution in [0.5, 0.6) is 0 Å². The van der Waals surface area contributed by atoms with E-state index in [1.54, 1.807) is 19.9 Å². The Morgan fingerprint density at radius 3 is 2.68 bits per heavy atom. The highest BCUT2D eigenvalue weighted by Crippen LogP contribution is 2.19. The highest BCUT2D eigenvalue weighted by atomic mass is 16.4. The average molecular weight is 263 g/mol. The molecule has 0 spiro atoms. The summed E-state index contributed by atoms with van der Waals surface area (Å²) in [4.78, 5) is 26.7. The second kappa shape index (κ2) is 5.99. The van der Waals surface area contributed by atoms with Crippen LogP contribution < -0.4 is 11.1 Å². The lowest BCUT2D eigenvalue weighted by molar-refractivity contribution is -0.137. The number of carbonyl (C=O) groups excluding carboxylic acids is 1. The maximum absolute atomic E-state index is 11.4. The number of carboxylic acid groups (broad SMARTS) is 1. The van der Waals surface area contributed by atoms with Gasteiger partial charge in [0.1, 0.15) is 11.9 Å². The fraction of sp³-hybridized carbons (Fsp3) is 0.308. The molecule has 0 aliphatic rings. The van der Waals surface area contributed by atoms with Crippen LogP contribution in [0, 0.1) is 13.8 Å². The molecule has 0 saturated carbocycles. The summed E-state index contributed by atoms with van der Waals surface area (Å²) in [6.07, 6.45) is 1.70. The highest BCUT2D eigenvalue weighted by molar-refractivity contribution is 5.99. The number of nitrogens with zero attached hydrogens (tertiary/aromatic N) is 1. The first kappa shape index (κ1) is 14.7. The SMILES string of the molecule is C=CCC(Nc1nc(C)cc(C)c1C(N)=O)C(=O)O. The van der Waals surface area contributed by atoms with E-state index in [0.717, 1.165) is 0 Å². The second-order valence-electron chi connectivity index (χ2n) is 4.23. The minimum Gasteiger partial charge on any atom is -0.480 e. The topological polar surface area (TPSA) is 105 Å². The van der Waals surface area contributed by atoms with Gasteiger partial charge in [0.2, 0.25) is 0 Å². The third-order valence-corrected chi connectivity index (χ3v) is 2.60. The Hall–Kier alpha value is -2.37. The zero-order valence-electron chi connectivity index (χ0n) is 10.9. The number of hydrogen-bond acceptors (Lipinski definition) is 4. The zero-order chi connectivity index (χ0) is 14.6. The first-order chi connectivity index (χ1) is 8.86. The van der Waals surface area contributed by atoms with Gasteiger partial charge in [-0.1, -0.05) is 6.08 Å². The standard InChI is InChI=1S/C13H17N3O3/c1-4-5-9(13(18)19)16-12-10(11(14)17)7(2)6-8(3)15-12/h4,6,9H,1,5H2,2-3H3,(H2,14,17)(H,15,16)(H,18,19). The molecule has 0 aromatic carbocycles. The van der Waals surface area contributed by atoms with Crippen LogP contribution in [0.15, 0.2) is 18.7 Å². The molecular formula is C13H17N3O3. The van der Waals surface area contributed by atoms with E-state index < -0.39 is 17.9 Å². The van der Waals surface area contributed by atoms with Crippen molar-refractivity contribution in [3.8, 4) is 0 Å². The van der Waals surface area contributed by atoms with Gasteiger partial charge in [-0.05, 0) is 31.9 Å². The lowest BCUT2D eigenvalue weighted by Gasteiger charge is -2.17. The smallest absolute Gasteiger partial charge is 0.326 e. The van der Waals surface area contributed by atoms with Crippen LogP contribution in [0.3, 0.4) is 0 Å². The van der Waals surface area contributed by atoms with E-state index in [4.69, 9.17) is 10.8 Å². The Morgan fingerprint density at radius 1 is 1.58 bits per heavy atom. The molecule has 1 heterocycles. The molecule has 1 atom stereocenters. The summed E-state index contributed by atoms with van der Waals surface area (Å²) >= 11 is 0. The van der Waals surface area contributed by atoms with Crippen molar-refractivity contribution < 1.29 is 14.7 Å². The van der Waals surface area contributed by atoms with Crippen molar-refractivity contribution in [1.29, 1.82) is 0 Å². The number of aryl methyl sites for hydroxylation is 2. The van der Waals surface area contributed by atoms with Crippen LogP contribution in [-0.4, -0.2) is 28.0 Å². The molecule has 0 aliphatic carbocycles. The molecule has 0 bridgehead atoms. The summed E-state index contributed by atoms with van der Waals surface area (Å²) in [6, 6.07) is 0.818. The Morgan fingerprint density at radius 2 is 2.21 bits per heavy atom. The minimum absolute atomic E-state index is 0.194. The number of nitrogens with two attached hydrogens (primary N) is 1. The van der Waals surface area contributed by atoms with Crippen molar-refractivity contribution in [3.63, 3.8) is 0 Å². The van der Waals surface area contributed by atoms with Crippen molar-refractivity contribution in [1.82, 2.24) is 4.98 Å². The van der Waals surface area contributed by atoms with Gasteiger partial charge in [0.15, 0.2) is 0 Å². The van der Waals surface area contributed by atoms with Crippen molar-refractivity contribution >= 4 is 17.7 Å². The second-order valence-corrected chi connectivity index (χ2v) is 4.23. The predicted octanol–water partition coefficient (Wildman–Crippen LogP) is 1.24. The van der Waals surface area contributed by atoms with E-state index in [9.17, 15) is 9.59 Å². The fourth-order valence-electron chi connectivity index (χ4n) is 1.81. The number of primary amides is 1. The summed E-state index contributed by atoms with van der Waals surface area (Å²) in [5.74, 6) is -1.49. The maximum atomic E-state index is 11.4. The van der Waals surface area contributed by atoms with Gasteiger partial charge in [-0.3, -0.25) is 4.79 Å². The third kappa shape index (κ3) is 3.54. The van der Waals surface area contributed by atoms with E-state index in [1.807, 2.05) is 0 Å². The van der Waals surface area contributed by atoms with Gasteiger partial charge in [0.25, 0.3) is 5.91 Å². The largest absolute Gasteiger partial charge is 0.480 e. The number of carbonyl (C=O) groups is 2. The van der Waals surface area contributed by atoms with Gasteiger partial charge in [0, 0.05) is 5.69 Å². The van der Waals surface area contributed by atoms with Crippen molar-refractivity contribution in [2.45, 2.75) is 26.3 Å². The van der Waals surface area contributed by atoms with Crippen LogP contribution in [0.25, 0.3) is 0 Å². The third-order valence-electron chi connectivity index (χ3n) is 2.60. The highest BCUT2D eigenvalue weighted by Gasteiger charge is 2.20. The summed E-state index contributed by atoms with van der Waals surface area (Å²) in [5.41, 5.74) is 6.85. The summed E-state index contributed by atoms with van der Waals surface area (Å²) in [6.45, 7) is 6.98. The van der Waals surface area contributed by atoms with Crippen LogP contribution in [-0.2, 0) is 4.79 Å². The minimum atomic E-state index is -1.05. The Balaban J connectivity index is 3.21. The van der Waals surface area contributed by atoms with Crippen molar-refractivity contribution in [2.24, 2.45) is 5.73 Å². The number of anilines is 1. The lowest BCUT2D eigenvalue weighted by atomic mass is 10.1. The monoisotopic (exact) mass is 263 g/mol. The molecule has 6 heteroatoms. The molecular weight excluding hydrogens is 246 g/mol. The maximum Gasteiger partial charge on any atom is 0.326 e. The van der Waals surface area contributed by atoms with E-state index in [-0.39, 0.29) is 17.8 Å². The molecule has 0 fully saturated rings. The number of carboxylic acids is 1. The molecule has 1 amide bonds. The molecule has 1 unspecified atom stereocenters. The van der Waals surface area contributed by atoms with Crippen molar-refractivity contribution in [3.05, 3.63) is 35.5 Å². The van der Waals surface area contributed by atoms with E-state index >= 15 is 0 Å². The zero-order valence-corrected chi connectivity index (χ0v) is 10.9. The van der Waals surface area contributed by atoms with Gasteiger partial charge in [0.05, 0.1) is 5.56 Å². The number of pyridine rings is 1. The molecule has 0 radical (unpaired) electrons. The number of hydrogen-bond donors (Lipinski definition) is 3. The molecule has 6 nitrogen and oxygen atoms in total. The van der Waals surface area contributed by atoms with Crippen LogP contribution in [0.2, 0.25) is 0 Å². The molecule has 1 aromatic heterocycles. The number of aliphatic carboxylic acids is 1. The fourth-order valence-corrected chi connectivity index (χ4v) is 1.81. The Bertz CT molecular complexity index is 526. The summed E-state index contributed by atoms with van der Waals surface area (Å²) in [7, 11) is 0.